The maximum atomic E-state index is 14.7. The Hall–Kier alpha value is -0.410. The molecule has 1 aromatic rings. The smallest absolute Gasteiger partial charge is 0.145 e. The number of halogens is 1. The summed E-state index contributed by atoms with van der Waals surface area (Å²) in [6.45, 7) is 5.80. The van der Waals surface area contributed by atoms with Crippen molar-refractivity contribution in [1.82, 2.24) is 0 Å². The van der Waals surface area contributed by atoms with E-state index in [9.17, 15) is 4.39 Å². The molecule has 0 spiro atoms. The van der Waals surface area contributed by atoms with Gasteiger partial charge in [-0.3, -0.25) is 0 Å². The summed E-state index contributed by atoms with van der Waals surface area (Å²) in [7, 11) is 0. The highest BCUT2D eigenvalue weighted by Crippen LogP contribution is 2.58. The van der Waals surface area contributed by atoms with E-state index in [2.05, 4.69) is 0 Å². The van der Waals surface area contributed by atoms with Crippen LogP contribution >= 0.6 is 11.3 Å². The quantitative estimate of drug-likeness (QED) is 0.762. The minimum absolute atomic E-state index is 0.0215. The van der Waals surface area contributed by atoms with Gasteiger partial charge in [0.05, 0.1) is 0 Å². The molecule has 1 aliphatic rings. The third kappa shape index (κ3) is 1.03. The van der Waals surface area contributed by atoms with Crippen molar-refractivity contribution < 1.29 is 4.39 Å². The molecule has 1 aromatic heterocycles. The largest absolute Gasteiger partial charge is 0.327 e. The van der Waals surface area contributed by atoms with Crippen molar-refractivity contribution in [2.75, 3.05) is 0 Å². The van der Waals surface area contributed by atoms with Gasteiger partial charge < -0.3 is 5.73 Å². The van der Waals surface area contributed by atoms with Crippen molar-refractivity contribution in [3.63, 3.8) is 0 Å². The van der Waals surface area contributed by atoms with Crippen LogP contribution in [0.15, 0.2) is 11.4 Å². The molecule has 3 heteroatoms. The van der Waals surface area contributed by atoms with Crippen molar-refractivity contribution in [1.29, 1.82) is 0 Å². The van der Waals surface area contributed by atoms with Gasteiger partial charge in [0.2, 0.25) is 0 Å². The van der Waals surface area contributed by atoms with E-state index in [4.69, 9.17) is 5.73 Å². The van der Waals surface area contributed by atoms with E-state index in [0.717, 1.165) is 10.4 Å². The first-order chi connectivity index (χ1) is 6.39. The van der Waals surface area contributed by atoms with Gasteiger partial charge in [-0.2, -0.15) is 0 Å². The van der Waals surface area contributed by atoms with Crippen LogP contribution in [0.3, 0.4) is 0 Å². The number of rotatable bonds is 1. The Labute approximate surface area is 88.1 Å². The van der Waals surface area contributed by atoms with Crippen molar-refractivity contribution >= 4 is 11.3 Å². The number of thiophene rings is 1. The second kappa shape index (κ2) is 2.80. The fraction of sp³-hybridized carbons (Fsp3) is 0.636. The van der Waals surface area contributed by atoms with Crippen LogP contribution in [0, 0.1) is 12.3 Å². The molecule has 0 saturated heterocycles. The second-order valence-corrected chi connectivity index (χ2v) is 5.84. The fourth-order valence-corrected chi connectivity index (χ4v) is 3.00. The molecule has 1 heterocycles. The van der Waals surface area contributed by atoms with E-state index in [1.165, 1.54) is 0 Å². The molecule has 2 unspecified atom stereocenters. The Morgan fingerprint density at radius 1 is 1.57 bits per heavy atom. The average Bonchev–Trinajstić information content (AvgIpc) is 2.51. The third-order valence-corrected chi connectivity index (χ3v) is 4.58. The van der Waals surface area contributed by atoms with Gasteiger partial charge in [0, 0.05) is 28.3 Å². The van der Waals surface area contributed by atoms with Crippen LogP contribution in [-0.4, -0.2) is 6.04 Å². The zero-order chi connectivity index (χ0) is 10.6. The van der Waals surface area contributed by atoms with Gasteiger partial charge in [0.1, 0.15) is 5.67 Å². The summed E-state index contributed by atoms with van der Waals surface area (Å²) in [5, 5.41) is 1.95. The standard InChI is InChI=1S/C11H16FNS/c1-7-8(4-5-14-7)11(12)6-9(13)10(11,2)3/h4-5,9H,6,13H2,1-3H3. The van der Waals surface area contributed by atoms with Crippen LogP contribution in [-0.2, 0) is 5.67 Å². The number of hydrogen-bond acceptors (Lipinski definition) is 2. The first kappa shape index (κ1) is 10.1. The first-order valence-corrected chi connectivity index (χ1v) is 5.76. The lowest BCUT2D eigenvalue weighted by molar-refractivity contribution is -0.108. The topological polar surface area (TPSA) is 26.0 Å². The number of nitrogens with two attached hydrogens (primary N) is 1. The molecule has 1 saturated carbocycles. The van der Waals surface area contributed by atoms with E-state index in [0.29, 0.717) is 6.42 Å². The van der Waals surface area contributed by atoms with Crippen LogP contribution in [0.2, 0.25) is 0 Å². The lowest BCUT2D eigenvalue weighted by atomic mass is 9.54. The van der Waals surface area contributed by atoms with Crippen molar-refractivity contribution in [2.24, 2.45) is 11.1 Å². The molecule has 0 amide bonds. The van der Waals surface area contributed by atoms with Crippen LogP contribution in [0.4, 0.5) is 4.39 Å². The van der Waals surface area contributed by atoms with Gasteiger partial charge >= 0.3 is 0 Å². The molecular formula is C11H16FNS. The van der Waals surface area contributed by atoms with Crippen molar-refractivity contribution in [3.8, 4) is 0 Å². The normalized spacial score (nSPS) is 35.4. The molecule has 1 nitrogen and oxygen atoms in total. The zero-order valence-electron chi connectivity index (χ0n) is 8.80. The highest BCUT2D eigenvalue weighted by molar-refractivity contribution is 7.10. The Kier molecular flexibility index (Phi) is 2.02. The molecule has 0 aliphatic heterocycles. The molecule has 14 heavy (non-hydrogen) atoms. The van der Waals surface area contributed by atoms with E-state index in [-0.39, 0.29) is 6.04 Å². The molecule has 2 N–H and O–H groups in total. The molecule has 0 aromatic carbocycles. The van der Waals surface area contributed by atoms with Crippen molar-refractivity contribution in [2.45, 2.75) is 38.9 Å². The van der Waals surface area contributed by atoms with Gasteiger partial charge in [0.15, 0.2) is 0 Å². The van der Waals surface area contributed by atoms with Gasteiger partial charge in [0.25, 0.3) is 0 Å². The minimum atomic E-state index is -1.21. The SMILES string of the molecule is Cc1sccc1C1(F)CC(N)C1(C)C. The lowest BCUT2D eigenvalue weighted by Gasteiger charge is -2.55. The predicted octanol–water partition coefficient (Wildman–Crippen LogP) is 2.98. The van der Waals surface area contributed by atoms with Crippen LogP contribution in [0.5, 0.6) is 0 Å². The Balaban J connectivity index is 2.41. The zero-order valence-corrected chi connectivity index (χ0v) is 9.62. The van der Waals surface area contributed by atoms with Gasteiger partial charge in [-0.25, -0.2) is 4.39 Å². The number of aryl methyl sites for hydroxylation is 1. The number of alkyl halides is 1. The van der Waals surface area contributed by atoms with E-state index >= 15 is 0 Å². The monoisotopic (exact) mass is 213 g/mol. The minimum Gasteiger partial charge on any atom is -0.327 e. The molecule has 2 rings (SSSR count). The Morgan fingerprint density at radius 3 is 2.57 bits per heavy atom. The summed E-state index contributed by atoms with van der Waals surface area (Å²) in [5.41, 5.74) is 5.05. The first-order valence-electron chi connectivity index (χ1n) is 4.88. The Morgan fingerprint density at radius 2 is 2.21 bits per heavy atom. The molecular weight excluding hydrogens is 197 g/mol. The molecule has 78 valence electrons. The summed E-state index contributed by atoms with van der Waals surface area (Å²) in [4.78, 5) is 1.08. The molecule has 1 fully saturated rings. The predicted molar refractivity (Wildman–Crippen MR) is 58.2 cm³/mol. The summed E-state index contributed by atoms with van der Waals surface area (Å²) >= 11 is 1.60. The molecule has 2 atom stereocenters. The summed E-state index contributed by atoms with van der Waals surface area (Å²) in [6.07, 6.45) is 0.456. The van der Waals surface area contributed by atoms with E-state index in [1.807, 2.05) is 32.2 Å². The molecule has 1 aliphatic carbocycles. The van der Waals surface area contributed by atoms with Crippen LogP contribution in [0.25, 0.3) is 0 Å². The lowest BCUT2D eigenvalue weighted by Crippen LogP contribution is -2.62. The van der Waals surface area contributed by atoms with Gasteiger partial charge in [-0.1, -0.05) is 13.8 Å². The maximum Gasteiger partial charge on any atom is 0.145 e. The van der Waals surface area contributed by atoms with E-state index < -0.39 is 11.1 Å². The third-order valence-electron chi connectivity index (χ3n) is 3.74. The van der Waals surface area contributed by atoms with Gasteiger partial charge in [-0.15, -0.1) is 11.3 Å². The Bertz CT molecular complexity index is 358. The summed E-state index contributed by atoms with van der Waals surface area (Å²) < 4.78 is 14.7. The van der Waals surface area contributed by atoms with Crippen LogP contribution < -0.4 is 5.73 Å². The maximum absolute atomic E-state index is 14.7. The number of hydrogen-bond donors (Lipinski definition) is 1. The molecule has 0 radical (unpaired) electrons. The van der Waals surface area contributed by atoms with Crippen molar-refractivity contribution in [3.05, 3.63) is 21.9 Å². The molecule has 0 bridgehead atoms. The van der Waals surface area contributed by atoms with Crippen LogP contribution in [0.1, 0.15) is 30.7 Å². The second-order valence-electron chi connectivity index (χ2n) is 4.72. The van der Waals surface area contributed by atoms with E-state index in [1.54, 1.807) is 11.3 Å². The highest BCUT2D eigenvalue weighted by Gasteiger charge is 2.61. The highest BCUT2D eigenvalue weighted by atomic mass is 32.1. The van der Waals surface area contributed by atoms with Gasteiger partial charge in [-0.05, 0) is 18.4 Å². The fourth-order valence-electron chi connectivity index (χ4n) is 2.24. The summed E-state index contributed by atoms with van der Waals surface area (Å²) in [5.74, 6) is 0. The average molecular weight is 213 g/mol. The summed E-state index contributed by atoms with van der Waals surface area (Å²) in [6, 6.07) is 1.87.